The van der Waals surface area contributed by atoms with Crippen molar-refractivity contribution >= 4 is 5.91 Å². The number of ether oxygens (including phenoxy) is 1. The van der Waals surface area contributed by atoms with Gasteiger partial charge in [-0.15, -0.1) is 0 Å². The summed E-state index contributed by atoms with van der Waals surface area (Å²) in [6, 6.07) is 11.3. The first-order chi connectivity index (χ1) is 8.83. The van der Waals surface area contributed by atoms with Crippen molar-refractivity contribution < 1.29 is 14.1 Å². The third-order valence-electron chi connectivity index (χ3n) is 2.78. The minimum absolute atomic E-state index is 0.0859. The van der Waals surface area contributed by atoms with Crippen LogP contribution in [0.3, 0.4) is 0 Å². The number of nitrogens with one attached hydrogen (secondary N) is 1. The van der Waals surface area contributed by atoms with Crippen molar-refractivity contribution in [2.45, 2.75) is 6.04 Å². The van der Waals surface area contributed by atoms with Crippen LogP contribution in [0.5, 0.6) is 0 Å². The zero-order chi connectivity index (χ0) is 12.4. The quantitative estimate of drug-likeness (QED) is 0.888. The Kier molecular flexibility index (Phi) is 2.82. The minimum atomic E-state index is -0.252. The van der Waals surface area contributed by atoms with Gasteiger partial charge in [0.15, 0.2) is 0 Å². The molecule has 1 amide bonds. The second-order valence-corrected chi connectivity index (χ2v) is 4.15. The average molecular weight is 244 g/mol. The second-order valence-electron chi connectivity index (χ2n) is 4.15. The lowest BCUT2D eigenvalue weighted by molar-refractivity contribution is -0.00401. The predicted octanol–water partition coefficient (Wildman–Crippen LogP) is 1.47. The standard InChI is InChI=1S/C13H12N2O3/c16-13(14-10-7-17-8-10)12-6-11(15-18-12)9-4-2-1-3-5-9/h1-6,10H,7-8H2,(H,14,16). The molecule has 0 saturated carbocycles. The monoisotopic (exact) mass is 244 g/mol. The summed E-state index contributed by atoms with van der Waals surface area (Å²) in [4.78, 5) is 11.8. The molecule has 0 aliphatic carbocycles. The Bertz CT molecular complexity index is 546. The maximum atomic E-state index is 11.8. The van der Waals surface area contributed by atoms with Crippen LogP contribution in [0.4, 0.5) is 0 Å². The molecule has 1 fully saturated rings. The number of carbonyl (C=O) groups excluding carboxylic acids is 1. The van der Waals surface area contributed by atoms with Crippen molar-refractivity contribution in [3.05, 3.63) is 42.2 Å². The van der Waals surface area contributed by atoms with Gasteiger partial charge in [0.05, 0.1) is 19.3 Å². The summed E-state index contributed by atoms with van der Waals surface area (Å²) in [5.74, 6) is -0.0289. The fraction of sp³-hybridized carbons (Fsp3) is 0.231. The van der Waals surface area contributed by atoms with Gasteiger partial charge in [0.1, 0.15) is 5.69 Å². The van der Waals surface area contributed by atoms with Crippen LogP contribution < -0.4 is 5.32 Å². The summed E-state index contributed by atoms with van der Waals surface area (Å²) in [7, 11) is 0. The molecule has 2 aromatic rings. The van der Waals surface area contributed by atoms with Crippen molar-refractivity contribution in [1.29, 1.82) is 0 Å². The van der Waals surface area contributed by atoms with E-state index in [2.05, 4.69) is 10.5 Å². The molecule has 0 bridgehead atoms. The lowest BCUT2D eigenvalue weighted by Crippen LogP contribution is -2.48. The molecule has 5 heteroatoms. The van der Waals surface area contributed by atoms with Crippen LogP contribution in [0, 0.1) is 0 Å². The zero-order valence-corrected chi connectivity index (χ0v) is 9.63. The number of amides is 1. The normalized spacial score (nSPS) is 15.1. The predicted molar refractivity (Wildman–Crippen MR) is 64.0 cm³/mol. The molecule has 0 unspecified atom stereocenters. The molecular formula is C13H12N2O3. The Hall–Kier alpha value is -2.14. The summed E-state index contributed by atoms with van der Waals surface area (Å²) < 4.78 is 10.0. The van der Waals surface area contributed by atoms with Gasteiger partial charge in [0, 0.05) is 11.6 Å². The van der Waals surface area contributed by atoms with Crippen molar-refractivity contribution in [3.63, 3.8) is 0 Å². The highest BCUT2D eigenvalue weighted by molar-refractivity contribution is 5.92. The summed E-state index contributed by atoms with van der Waals surface area (Å²) in [6.45, 7) is 1.12. The molecule has 1 aliphatic heterocycles. The van der Waals surface area contributed by atoms with E-state index < -0.39 is 0 Å². The Morgan fingerprint density at radius 3 is 2.72 bits per heavy atom. The van der Waals surface area contributed by atoms with E-state index in [4.69, 9.17) is 9.26 Å². The van der Waals surface area contributed by atoms with Crippen molar-refractivity contribution in [2.75, 3.05) is 13.2 Å². The van der Waals surface area contributed by atoms with Gasteiger partial charge in [0.25, 0.3) is 5.91 Å². The average Bonchev–Trinajstić information content (AvgIpc) is 2.84. The first-order valence-electron chi connectivity index (χ1n) is 5.73. The third-order valence-corrected chi connectivity index (χ3v) is 2.78. The Morgan fingerprint density at radius 2 is 2.06 bits per heavy atom. The summed E-state index contributed by atoms with van der Waals surface area (Å²) in [5.41, 5.74) is 1.58. The van der Waals surface area contributed by atoms with Crippen LogP contribution in [0.15, 0.2) is 40.9 Å². The van der Waals surface area contributed by atoms with Crippen LogP contribution in [0.2, 0.25) is 0 Å². The van der Waals surface area contributed by atoms with E-state index in [0.29, 0.717) is 18.9 Å². The fourth-order valence-electron chi connectivity index (χ4n) is 1.70. The Morgan fingerprint density at radius 1 is 1.28 bits per heavy atom. The van der Waals surface area contributed by atoms with Gasteiger partial charge in [-0.3, -0.25) is 4.79 Å². The van der Waals surface area contributed by atoms with Gasteiger partial charge in [0.2, 0.25) is 5.76 Å². The molecule has 0 radical (unpaired) electrons. The van der Waals surface area contributed by atoms with Gasteiger partial charge in [-0.2, -0.15) is 0 Å². The summed E-state index contributed by atoms with van der Waals surface area (Å²) >= 11 is 0. The molecule has 92 valence electrons. The van der Waals surface area contributed by atoms with Gasteiger partial charge >= 0.3 is 0 Å². The number of rotatable bonds is 3. The molecule has 3 rings (SSSR count). The van der Waals surface area contributed by atoms with Crippen LogP contribution in [0.1, 0.15) is 10.6 Å². The molecule has 1 saturated heterocycles. The van der Waals surface area contributed by atoms with E-state index in [1.165, 1.54) is 0 Å². The number of benzene rings is 1. The van der Waals surface area contributed by atoms with Crippen LogP contribution in [0.25, 0.3) is 11.3 Å². The van der Waals surface area contributed by atoms with Gasteiger partial charge < -0.3 is 14.6 Å². The molecular weight excluding hydrogens is 232 g/mol. The summed E-state index contributed by atoms with van der Waals surface area (Å²) in [6.07, 6.45) is 0. The molecule has 2 heterocycles. The largest absolute Gasteiger partial charge is 0.377 e. The maximum Gasteiger partial charge on any atom is 0.290 e. The highest BCUT2D eigenvalue weighted by Crippen LogP contribution is 2.18. The van der Waals surface area contributed by atoms with Crippen LogP contribution in [-0.4, -0.2) is 30.3 Å². The highest BCUT2D eigenvalue weighted by Gasteiger charge is 2.23. The van der Waals surface area contributed by atoms with E-state index >= 15 is 0 Å². The number of carbonyl (C=O) groups is 1. The van der Waals surface area contributed by atoms with Crippen molar-refractivity contribution in [3.8, 4) is 11.3 Å². The number of hydrogen-bond acceptors (Lipinski definition) is 4. The number of nitrogens with zero attached hydrogens (tertiary/aromatic N) is 1. The van der Waals surface area contributed by atoms with Gasteiger partial charge in [-0.05, 0) is 0 Å². The second kappa shape index (κ2) is 4.62. The number of hydrogen-bond donors (Lipinski definition) is 1. The minimum Gasteiger partial charge on any atom is -0.377 e. The van der Waals surface area contributed by atoms with Gasteiger partial charge in [-0.25, -0.2) is 0 Å². The molecule has 5 nitrogen and oxygen atoms in total. The molecule has 1 N–H and O–H groups in total. The molecule has 1 aromatic carbocycles. The van der Waals surface area contributed by atoms with Crippen LogP contribution in [-0.2, 0) is 4.74 Å². The smallest absolute Gasteiger partial charge is 0.290 e. The topological polar surface area (TPSA) is 64.4 Å². The number of aromatic nitrogens is 1. The summed E-state index contributed by atoms with van der Waals surface area (Å²) in [5, 5.41) is 6.69. The lowest BCUT2D eigenvalue weighted by Gasteiger charge is -2.26. The lowest BCUT2D eigenvalue weighted by atomic mass is 10.1. The van der Waals surface area contributed by atoms with Crippen molar-refractivity contribution in [2.24, 2.45) is 0 Å². The zero-order valence-electron chi connectivity index (χ0n) is 9.63. The molecule has 1 aliphatic rings. The molecule has 1 aromatic heterocycles. The van der Waals surface area contributed by atoms with E-state index in [1.807, 2.05) is 30.3 Å². The maximum absolute atomic E-state index is 11.8. The molecule has 0 atom stereocenters. The van der Waals surface area contributed by atoms with E-state index in [-0.39, 0.29) is 17.7 Å². The third kappa shape index (κ3) is 2.12. The Balaban J connectivity index is 1.74. The van der Waals surface area contributed by atoms with Gasteiger partial charge in [-0.1, -0.05) is 35.5 Å². The first-order valence-corrected chi connectivity index (χ1v) is 5.73. The van der Waals surface area contributed by atoms with E-state index in [0.717, 1.165) is 5.56 Å². The first kappa shape index (κ1) is 11.0. The Labute approximate surface area is 104 Å². The van der Waals surface area contributed by atoms with E-state index in [1.54, 1.807) is 6.07 Å². The SMILES string of the molecule is O=C(NC1COC1)c1cc(-c2ccccc2)no1. The fourth-order valence-corrected chi connectivity index (χ4v) is 1.70. The molecule has 0 spiro atoms. The highest BCUT2D eigenvalue weighted by atomic mass is 16.5. The van der Waals surface area contributed by atoms with E-state index in [9.17, 15) is 4.79 Å². The van der Waals surface area contributed by atoms with Crippen LogP contribution >= 0.6 is 0 Å². The molecule has 18 heavy (non-hydrogen) atoms. The van der Waals surface area contributed by atoms with Crippen molar-refractivity contribution in [1.82, 2.24) is 10.5 Å².